The molecule has 0 saturated heterocycles. The minimum absolute atomic E-state index is 0.161. The summed E-state index contributed by atoms with van der Waals surface area (Å²) in [6, 6.07) is 6.23. The first kappa shape index (κ1) is 15.8. The number of carbonyl (C=O) groups is 3. The van der Waals surface area contributed by atoms with Crippen LogP contribution in [-0.2, 0) is 14.3 Å². The van der Waals surface area contributed by atoms with Gasteiger partial charge in [-0.3, -0.25) is 9.59 Å². The van der Waals surface area contributed by atoms with Crippen molar-refractivity contribution in [3.05, 3.63) is 41.6 Å². The first-order valence-corrected chi connectivity index (χ1v) is 6.85. The molecule has 0 saturated carbocycles. The van der Waals surface area contributed by atoms with Crippen molar-refractivity contribution in [1.29, 1.82) is 0 Å². The highest BCUT2D eigenvalue weighted by atomic mass is 16.5. The fourth-order valence-electron chi connectivity index (χ4n) is 2.51. The number of methoxy groups -OCH3 is 1. The van der Waals surface area contributed by atoms with Gasteiger partial charge >= 0.3 is 11.9 Å². The first-order chi connectivity index (χ1) is 10.4. The molecule has 6 heteroatoms. The lowest BCUT2D eigenvalue weighted by molar-refractivity contribution is -0.150. The zero-order valence-electron chi connectivity index (χ0n) is 12.3. The number of carboxylic acids is 1. The molecule has 0 bridgehead atoms. The lowest BCUT2D eigenvalue weighted by atomic mass is 9.82. The summed E-state index contributed by atoms with van der Waals surface area (Å²) in [5.41, 5.74) is 1.58. The number of hydrogen-bond acceptors (Lipinski definition) is 5. The van der Waals surface area contributed by atoms with Crippen LogP contribution in [0.25, 0.3) is 0 Å². The fraction of sp³-hybridized carbons (Fsp3) is 0.312. The minimum Gasteiger partial charge on any atom is -0.478 e. The van der Waals surface area contributed by atoms with Gasteiger partial charge in [0.15, 0.2) is 5.78 Å². The number of allylic oxidation sites excluding steroid dienone is 2. The average molecular weight is 303 g/mol. The molecule has 1 aliphatic rings. The van der Waals surface area contributed by atoms with Gasteiger partial charge in [0.05, 0.1) is 12.7 Å². The Balaban J connectivity index is 2.12. The summed E-state index contributed by atoms with van der Waals surface area (Å²) < 4.78 is 4.65. The monoisotopic (exact) mass is 303 g/mol. The maximum atomic E-state index is 12.1. The molecule has 0 amide bonds. The van der Waals surface area contributed by atoms with Gasteiger partial charge in [-0.25, -0.2) is 4.79 Å². The van der Waals surface area contributed by atoms with E-state index in [2.05, 4.69) is 10.1 Å². The van der Waals surface area contributed by atoms with Gasteiger partial charge in [-0.2, -0.15) is 0 Å². The smallest absolute Gasteiger partial charge is 0.335 e. The Bertz CT molecular complexity index is 632. The van der Waals surface area contributed by atoms with Crippen molar-refractivity contribution in [2.45, 2.75) is 13.3 Å². The van der Waals surface area contributed by atoms with Crippen LogP contribution in [0.2, 0.25) is 0 Å². The maximum Gasteiger partial charge on any atom is 0.335 e. The molecule has 0 radical (unpaired) electrons. The second-order valence-electron chi connectivity index (χ2n) is 5.26. The van der Waals surface area contributed by atoms with Gasteiger partial charge in [0.2, 0.25) is 0 Å². The van der Waals surface area contributed by atoms with Crippen molar-refractivity contribution in [2.75, 3.05) is 12.4 Å². The Morgan fingerprint density at radius 1 is 1.27 bits per heavy atom. The highest BCUT2D eigenvalue weighted by Gasteiger charge is 2.35. The van der Waals surface area contributed by atoms with E-state index in [0.717, 1.165) is 0 Å². The summed E-state index contributed by atoms with van der Waals surface area (Å²) in [4.78, 5) is 34.5. The van der Waals surface area contributed by atoms with Crippen LogP contribution >= 0.6 is 0 Å². The molecule has 2 rings (SSSR count). The van der Waals surface area contributed by atoms with Crippen molar-refractivity contribution < 1.29 is 24.2 Å². The Hall–Kier alpha value is -2.63. The Kier molecular flexibility index (Phi) is 4.60. The van der Waals surface area contributed by atoms with E-state index in [1.165, 1.54) is 25.3 Å². The number of ketones is 1. The molecule has 6 nitrogen and oxygen atoms in total. The third-order valence-corrected chi connectivity index (χ3v) is 3.63. The molecule has 1 aliphatic carbocycles. The van der Waals surface area contributed by atoms with E-state index in [1.54, 1.807) is 12.1 Å². The van der Waals surface area contributed by atoms with Gasteiger partial charge in [0.1, 0.15) is 5.92 Å². The summed E-state index contributed by atoms with van der Waals surface area (Å²) in [7, 11) is 1.27. The molecule has 0 aliphatic heterocycles. The molecule has 2 N–H and O–H groups in total. The number of benzene rings is 1. The average Bonchev–Trinajstić information content (AvgIpc) is 2.46. The van der Waals surface area contributed by atoms with E-state index in [9.17, 15) is 14.4 Å². The van der Waals surface area contributed by atoms with E-state index in [1.807, 2.05) is 6.92 Å². The quantitative estimate of drug-likeness (QED) is 0.653. The van der Waals surface area contributed by atoms with Gasteiger partial charge < -0.3 is 15.2 Å². The second-order valence-corrected chi connectivity index (χ2v) is 5.26. The molecule has 0 aromatic heterocycles. The lowest BCUT2D eigenvalue weighted by Gasteiger charge is -2.26. The SMILES string of the molecule is COC(=O)C1C(=O)C=C(Nc2ccc(C(=O)O)cc2)CC1C. The number of aromatic carboxylic acids is 1. The van der Waals surface area contributed by atoms with Gasteiger partial charge in [0, 0.05) is 17.5 Å². The van der Waals surface area contributed by atoms with E-state index in [4.69, 9.17) is 5.11 Å². The molecule has 2 unspecified atom stereocenters. The van der Waals surface area contributed by atoms with Crippen molar-refractivity contribution in [3.63, 3.8) is 0 Å². The highest BCUT2D eigenvalue weighted by molar-refractivity contribution is 6.06. The summed E-state index contributed by atoms with van der Waals surface area (Å²) in [6.07, 6.45) is 1.94. The van der Waals surface area contributed by atoms with Gasteiger partial charge in [-0.05, 0) is 36.6 Å². The predicted molar refractivity (Wildman–Crippen MR) is 79.4 cm³/mol. The molecule has 116 valence electrons. The molecule has 0 fully saturated rings. The lowest BCUT2D eigenvalue weighted by Crippen LogP contribution is -2.34. The van der Waals surface area contributed by atoms with Crippen LogP contribution in [0.1, 0.15) is 23.7 Å². The van der Waals surface area contributed by atoms with Crippen molar-refractivity contribution in [3.8, 4) is 0 Å². The topological polar surface area (TPSA) is 92.7 Å². The molecule has 22 heavy (non-hydrogen) atoms. The van der Waals surface area contributed by atoms with E-state index in [-0.39, 0.29) is 17.3 Å². The number of ether oxygens (including phenoxy) is 1. The van der Waals surface area contributed by atoms with Crippen LogP contribution in [0.4, 0.5) is 5.69 Å². The predicted octanol–water partition coefficient (Wildman–Crippen LogP) is 2.08. The molecule has 1 aromatic carbocycles. The van der Waals surface area contributed by atoms with Crippen LogP contribution in [-0.4, -0.2) is 29.9 Å². The standard InChI is InChI=1S/C16H17NO5/c1-9-7-12(8-13(18)14(9)16(21)22-2)17-11-5-3-10(4-6-11)15(19)20/h3-6,8-9,14,17H,7H2,1-2H3,(H,19,20). The van der Waals surface area contributed by atoms with Crippen molar-refractivity contribution in [1.82, 2.24) is 0 Å². The number of carbonyl (C=O) groups excluding carboxylic acids is 2. The molecule has 0 spiro atoms. The van der Waals surface area contributed by atoms with E-state index < -0.39 is 17.9 Å². The van der Waals surface area contributed by atoms with Crippen LogP contribution < -0.4 is 5.32 Å². The van der Waals surface area contributed by atoms with E-state index >= 15 is 0 Å². The maximum absolute atomic E-state index is 12.1. The fourth-order valence-corrected chi connectivity index (χ4v) is 2.51. The largest absolute Gasteiger partial charge is 0.478 e. The normalized spacial score (nSPS) is 21.0. The number of anilines is 1. The zero-order chi connectivity index (χ0) is 16.3. The van der Waals surface area contributed by atoms with Gasteiger partial charge in [0.25, 0.3) is 0 Å². The summed E-state index contributed by atoms with van der Waals surface area (Å²) >= 11 is 0. The Morgan fingerprint density at radius 2 is 1.91 bits per heavy atom. The van der Waals surface area contributed by atoms with Gasteiger partial charge in [-0.1, -0.05) is 6.92 Å². The van der Waals surface area contributed by atoms with Crippen LogP contribution in [0.3, 0.4) is 0 Å². The molecule has 0 heterocycles. The van der Waals surface area contributed by atoms with Gasteiger partial charge in [-0.15, -0.1) is 0 Å². The molecule has 1 aromatic rings. The van der Waals surface area contributed by atoms with E-state index in [0.29, 0.717) is 17.8 Å². The Labute approximate surface area is 127 Å². The molecule has 2 atom stereocenters. The third kappa shape index (κ3) is 3.33. The third-order valence-electron chi connectivity index (χ3n) is 3.63. The summed E-state index contributed by atoms with van der Waals surface area (Å²) in [5.74, 6) is -2.71. The highest BCUT2D eigenvalue weighted by Crippen LogP contribution is 2.29. The number of esters is 1. The molecular formula is C16H17NO5. The van der Waals surface area contributed by atoms with Crippen molar-refractivity contribution in [2.24, 2.45) is 11.8 Å². The summed E-state index contributed by atoms with van der Waals surface area (Å²) in [6.45, 7) is 1.82. The van der Waals surface area contributed by atoms with Crippen LogP contribution in [0.15, 0.2) is 36.0 Å². The zero-order valence-corrected chi connectivity index (χ0v) is 12.3. The number of carboxylic acid groups (broad SMARTS) is 1. The second kappa shape index (κ2) is 6.43. The summed E-state index contributed by atoms with van der Waals surface area (Å²) in [5, 5.41) is 11.9. The molecular weight excluding hydrogens is 286 g/mol. The number of hydrogen-bond donors (Lipinski definition) is 2. The number of rotatable bonds is 4. The van der Waals surface area contributed by atoms with Crippen LogP contribution in [0, 0.1) is 11.8 Å². The Morgan fingerprint density at radius 3 is 2.41 bits per heavy atom. The first-order valence-electron chi connectivity index (χ1n) is 6.85. The van der Waals surface area contributed by atoms with Crippen molar-refractivity contribution >= 4 is 23.4 Å². The minimum atomic E-state index is -0.992. The number of nitrogens with one attached hydrogen (secondary N) is 1. The van der Waals surface area contributed by atoms with Crippen LogP contribution in [0.5, 0.6) is 0 Å².